The van der Waals surface area contributed by atoms with Gasteiger partial charge in [0.25, 0.3) is 11.5 Å². The fourth-order valence-electron chi connectivity index (χ4n) is 3.12. The third-order valence-corrected chi connectivity index (χ3v) is 4.18. The number of aromatic nitrogens is 4. The van der Waals surface area contributed by atoms with Crippen molar-refractivity contribution in [3.63, 3.8) is 0 Å². The molecule has 4 rings (SSSR count). The summed E-state index contributed by atoms with van der Waals surface area (Å²) in [4.78, 5) is 27.1. The zero-order valence-electron chi connectivity index (χ0n) is 12.6. The molecular weight excluding hydrogens is 294 g/mol. The molecule has 0 saturated heterocycles. The van der Waals surface area contributed by atoms with E-state index in [4.69, 9.17) is 0 Å². The number of aromatic amines is 1. The highest BCUT2D eigenvalue weighted by Gasteiger charge is 2.18. The normalized spacial score (nSPS) is 13.3. The van der Waals surface area contributed by atoms with Crippen molar-refractivity contribution in [2.24, 2.45) is 7.05 Å². The van der Waals surface area contributed by atoms with Crippen LogP contribution in [0.4, 0.5) is 5.69 Å². The molecule has 0 fully saturated rings. The first-order valence-electron chi connectivity index (χ1n) is 7.47. The minimum atomic E-state index is -0.332. The molecule has 2 aromatic heterocycles. The molecule has 0 atom stereocenters. The number of anilines is 1. The molecule has 1 aliphatic carbocycles. The van der Waals surface area contributed by atoms with Gasteiger partial charge in [0.2, 0.25) is 0 Å². The summed E-state index contributed by atoms with van der Waals surface area (Å²) in [6.45, 7) is 0. The van der Waals surface area contributed by atoms with Crippen LogP contribution in [0.5, 0.6) is 0 Å². The third kappa shape index (κ3) is 2.30. The predicted molar refractivity (Wildman–Crippen MR) is 85.5 cm³/mol. The van der Waals surface area contributed by atoms with Gasteiger partial charge >= 0.3 is 0 Å². The number of amides is 1. The van der Waals surface area contributed by atoms with E-state index in [1.54, 1.807) is 19.3 Å². The van der Waals surface area contributed by atoms with E-state index < -0.39 is 0 Å². The second-order valence-corrected chi connectivity index (χ2v) is 5.76. The second-order valence-electron chi connectivity index (χ2n) is 5.76. The van der Waals surface area contributed by atoms with Gasteiger partial charge in [0, 0.05) is 23.7 Å². The highest BCUT2D eigenvalue weighted by atomic mass is 16.2. The zero-order chi connectivity index (χ0) is 16.0. The van der Waals surface area contributed by atoms with E-state index >= 15 is 0 Å². The van der Waals surface area contributed by atoms with Gasteiger partial charge in [-0.1, -0.05) is 11.3 Å². The van der Waals surface area contributed by atoms with Crippen LogP contribution >= 0.6 is 0 Å². The summed E-state index contributed by atoms with van der Waals surface area (Å²) >= 11 is 0. The Labute approximate surface area is 131 Å². The van der Waals surface area contributed by atoms with E-state index in [1.165, 1.54) is 4.68 Å². The summed E-state index contributed by atoms with van der Waals surface area (Å²) in [7, 11) is 1.70. The van der Waals surface area contributed by atoms with Crippen molar-refractivity contribution in [3.05, 3.63) is 51.6 Å². The molecule has 0 aliphatic heterocycles. The Hall–Kier alpha value is -2.96. The number of carbonyl (C=O) groups excluding carboxylic acids is 1. The predicted octanol–water partition coefficient (Wildman–Crippen LogP) is 1.40. The fourth-order valence-corrected chi connectivity index (χ4v) is 3.12. The first-order chi connectivity index (χ1) is 11.1. The van der Waals surface area contributed by atoms with E-state index in [1.807, 2.05) is 12.1 Å². The fraction of sp³-hybridized carbons (Fsp3) is 0.250. The highest BCUT2D eigenvalue weighted by Crippen LogP contribution is 2.27. The van der Waals surface area contributed by atoms with Crippen LogP contribution in [0.2, 0.25) is 0 Å². The van der Waals surface area contributed by atoms with Crippen molar-refractivity contribution in [1.29, 1.82) is 0 Å². The second kappa shape index (κ2) is 5.05. The number of pyridine rings is 1. The number of benzene rings is 1. The van der Waals surface area contributed by atoms with Crippen LogP contribution in [0.15, 0.2) is 29.2 Å². The maximum Gasteiger partial charge on any atom is 0.277 e. The quantitative estimate of drug-likeness (QED) is 0.748. The zero-order valence-corrected chi connectivity index (χ0v) is 12.6. The van der Waals surface area contributed by atoms with Crippen molar-refractivity contribution in [1.82, 2.24) is 20.0 Å². The molecule has 23 heavy (non-hydrogen) atoms. The average molecular weight is 309 g/mol. The van der Waals surface area contributed by atoms with Crippen LogP contribution in [0, 0.1) is 0 Å². The molecule has 7 heteroatoms. The molecule has 1 aliphatic rings. The molecule has 1 aromatic carbocycles. The molecular formula is C16H15N5O2. The van der Waals surface area contributed by atoms with Gasteiger partial charge in [-0.3, -0.25) is 14.3 Å². The van der Waals surface area contributed by atoms with Gasteiger partial charge < -0.3 is 10.3 Å². The summed E-state index contributed by atoms with van der Waals surface area (Å²) < 4.78 is 1.47. The van der Waals surface area contributed by atoms with Crippen LogP contribution in [-0.2, 0) is 19.9 Å². The number of H-pyrrole nitrogens is 1. The van der Waals surface area contributed by atoms with Crippen molar-refractivity contribution >= 4 is 22.5 Å². The third-order valence-electron chi connectivity index (χ3n) is 4.18. The monoisotopic (exact) mass is 309 g/mol. The van der Waals surface area contributed by atoms with Crippen molar-refractivity contribution in [2.75, 3.05) is 5.32 Å². The van der Waals surface area contributed by atoms with E-state index in [-0.39, 0.29) is 17.2 Å². The van der Waals surface area contributed by atoms with Gasteiger partial charge in [-0.2, -0.15) is 0 Å². The Kier molecular flexibility index (Phi) is 3.00. The number of fused-ring (bicyclic) bond motifs is 3. The Morgan fingerprint density at radius 3 is 2.91 bits per heavy atom. The lowest BCUT2D eigenvalue weighted by Crippen LogP contribution is -2.14. The molecule has 0 bridgehead atoms. The molecule has 2 N–H and O–H groups in total. The minimum Gasteiger partial charge on any atom is -0.322 e. The number of nitrogens with zero attached hydrogens (tertiary/aromatic N) is 3. The van der Waals surface area contributed by atoms with Gasteiger partial charge in [-0.25, -0.2) is 0 Å². The maximum atomic E-state index is 12.1. The lowest BCUT2D eigenvalue weighted by atomic mass is 10.1. The lowest BCUT2D eigenvalue weighted by molar-refractivity contribution is 0.102. The van der Waals surface area contributed by atoms with Crippen LogP contribution in [0.1, 0.15) is 28.0 Å². The molecule has 2 heterocycles. The van der Waals surface area contributed by atoms with Crippen LogP contribution in [0.25, 0.3) is 10.9 Å². The standard InChI is InChI=1S/C16H15N5O2/c1-21-8-14(19-20-21)16(23)17-9-5-6-11-10-3-2-4-12(10)15(22)18-13(11)7-9/h5-8H,2-4H2,1H3,(H,17,23)(H,18,22). The number of carbonyl (C=O) groups is 1. The van der Waals surface area contributed by atoms with E-state index in [0.29, 0.717) is 5.69 Å². The molecule has 116 valence electrons. The van der Waals surface area contributed by atoms with Gasteiger partial charge in [-0.15, -0.1) is 5.10 Å². The maximum absolute atomic E-state index is 12.1. The van der Waals surface area contributed by atoms with Crippen LogP contribution in [-0.4, -0.2) is 25.9 Å². The Bertz CT molecular complexity index is 986. The molecule has 7 nitrogen and oxygen atoms in total. The van der Waals surface area contributed by atoms with E-state index in [9.17, 15) is 9.59 Å². The minimum absolute atomic E-state index is 0.0256. The Morgan fingerprint density at radius 1 is 1.30 bits per heavy atom. The van der Waals surface area contributed by atoms with Crippen molar-refractivity contribution in [2.45, 2.75) is 19.3 Å². The molecule has 0 spiro atoms. The largest absolute Gasteiger partial charge is 0.322 e. The summed E-state index contributed by atoms with van der Waals surface area (Å²) in [6, 6.07) is 5.57. The summed E-state index contributed by atoms with van der Waals surface area (Å²) in [5, 5.41) is 11.3. The number of hydrogen-bond donors (Lipinski definition) is 2. The van der Waals surface area contributed by atoms with Crippen LogP contribution in [0.3, 0.4) is 0 Å². The summed E-state index contributed by atoms with van der Waals surface area (Å²) in [5.74, 6) is -0.332. The number of nitrogens with one attached hydrogen (secondary N) is 2. The molecule has 0 radical (unpaired) electrons. The van der Waals surface area contributed by atoms with Crippen molar-refractivity contribution in [3.8, 4) is 0 Å². The van der Waals surface area contributed by atoms with E-state index in [0.717, 1.165) is 41.3 Å². The Balaban J connectivity index is 1.71. The topological polar surface area (TPSA) is 92.7 Å². The Morgan fingerprint density at radius 2 is 2.13 bits per heavy atom. The molecule has 1 amide bonds. The van der Waals surface area contributed by atoms with Gasteiger partial charge in [0.15, 0.2) is 5.69 Å². The number of rotatable bonds is 2. The first-order valence-corrected chi connectivity index (χ1v) is 7.47. The molecule has 3 aromatic rings. The molecule has 0 unspecified atom stereocenters. The SMILES string of the molecule is Cn1cc(C(=O)Nc2ccc3c4c(c(=O)[nH]c3c2)CCC4)nn1. The van der Waals surface area contributed by atoms with Gasteiger partial charge in [0.05, 0.1) is 11.7 Å². The van der Waals surface area contributed by atoms with Crippen molar-refractivity contribution < 1.29 is 4.79 Å². The first kappa shape index (κ1) is 13.7. The van der Waals surface area contributed by atoms with E-state index in [2.05, 4.69) is 20.6 Å². The lowest BCUT2D eigenvalue weighted by Gasteiger charge is -2.08. The van der Waals surface area contributed by atoms with Gasteiger partial charge in [0.1, 0.15) is 0 Å². The summed E-state index contributed by atoms with van der Waals surface area (Å²) in [5.41, 5.74) is 3.61. The highest BCUT2D eigenvalue weighted by molar-refractivity contribution is 6.03. The van der Waals surface area contributed by atoms with Crippen LogP contribution < -0.4 is 10.9 Å². The van der Waals surface area contributed by atoms with Gasteiger partial charge in [-0.05, 0) is 37.0 Å². The smallest absolute Gasteiger partial charge is 0.277 e. The average Bonchev–Trinajstić information content (AvgIpc) is 3.16. The summed E-state index contributed by atoms with van der Waals surface area (Å²) in [6.07, 6.45) is 4.33. The molecule has 0 saturated carbocycles. The number of hydrogen-bond acceptors (Lipinski definition) is 4. The number of aryl methyl sites for hydroxylation is 2.